The lowest BCUT2D eigenvalue weighted by Gasteiger charge is -2.34. The van der Waals surface area contributed by atoms with E-state index < -0.39 is 0 Å². The van der Waals surface area contributed by atoms with Gasteiger partial charge >= 0.3 is 0 Å². The van der Waals surface area contributed by atoms with Gasteiger partial charge in [0.25, 0.3) is 5.91 Å². The third kappa shape index (κ3) is 2.89. The van der Waals surface area contributed by atoms with Gasteiger partial charge in [-0.2, -0.15) is 0 Å². The Hall–Kier alpha value is -1.99. The molecule has 5 nitrogen and oxygen atoms in total. The highest BCUT2D eigenvalue weighted by Gasteiger charge is 2.31. The summed E-state index contributed by atoms with van der Waals surface area (Å²) in [6.45, 7) is 2.61. The Labute approximate surface area is 147 Å². The Balaban J connectivity index is 1.60. The number of amides is 1. The number of carbonyl (C=O) groups excluding carboxylic acids is 1. The average Bonchev–Trinajstić information content (AvgIpc) is 3.34. The molecule has 0 aliphatic carbocycles. The van der Waals surface area contributed by atoms with Gasteiger partial charge < -0.3 is 9.42 Å². The first-order chi connectivity index (χ1) is 11.7. The second-order valence-corrected chi connectivity index (χ2v) is 7.69. The van der Waals surface area contributed by atoms with Crippen molar-refractivity contribution in [2.24, 2.45) is 0 Å². The molecule has 1 saturated heterocycles. The van der Waals surface area contributed by atoms with Gasteiger partial charge in [-0.05, 0) is 37.6 Å². The van der Waals surface area contributed by atoms with Crippen LogP contribution in [0.15, 0.2) is 33.5 Å². The molecule has 7 heteroatoms. The van der Waals surface area contributed by atoms with E-state index in [1.54, 1.807) is 11.3 Å². The highest BCUT2D eigenvalue weighted by Crippen LogP contribution is 2.33. The fourth-order valence-corrected chi connectivity index (χ4v) is 4.67. The molecule has 0 radical (unpaired) electrons. The van der Waals surface area contributed by atoms with Crippen LogP contribution in [0.4, 0.5) is 0 Å². The van der Waals surface area contributed by atoms with Gasteiger partial charge in [0.05, 0.1) is 10.9 Å². The van der Waals surface area contributed by atoms with E-state index in [0.717, 1.165) is 47.1 Å². The summed E-state index contributed by atoms with van der Waals surface area (Å²) in [5.74, 6) is 0.760. The topological polar surface area (TPSA) is 59.2 Å². The number of hydrogen-bond acceptors (Lipinski definition) is 6. The number of likely N-dealkylation sites (tertiary alicyclic amines) is 1. The standard InChI is InChI=1S/C17H17N3O2S2/c1-11-9-12(19-22-11)14-5-2-3-7-20(14)17(21)13-10-24-16(18-13)15-6-4-8-23-15/h4,6,8-10,14H,2-3,5,7H2,1H3. The zero-order chi connectivity index (χ0) is 16.5. The first-order valence-corrected chi connectivity index (χ1v) is 9.72. The highest BCUT2D eigenvalue weighted by molar-refractivity contribution is 7.20. The predicted octanol–water partition coefficient (Wildman–Crippen LogP) is 4.54. The molecule has 1 aliphatic rings. The van der Waals surface area contributed by atoms with Crippen LogP contribution in [0.5, 0.6) is 0 Å². The maximum absolute atomic E-state index is 13.0. The molecule has 3 aromatic rings. The number of rotatable bonds is 3. The molecule has 0 aromatic carbocycles. The van der Waals surface area contributed by atoms with Crippen LogP contribution < -0.4 is 0 Å². The summed E-state index contributed by atoms with van der Waals surface area (Å²) in [6.07, 6.45) is 3.03. The van der Waals surface area contributed by atoms with Crippen molar-refractivity contribution in [3.63, 3.8) is 0 Å². The van der Waals surface area contributed by atoms with Gasteiger partial charge in [0, 0.05) is 18.0 Å². The molecular weight excluding hydrogens is 342 g/mol. The Bertz CT molecular complexity index is 838. The largest absolute Gasteiger partial charge is 0.361 e. The molecule has 3 aromatic heterocycles. The first kappa shape index (κ1) is 15.5. The minimum absolute atomic E-state index is 0.0144. The highest BCUT2D eigenvalue weighted by atomic mass is 32.1. The van der Waals surface area contributed by atoms with E-state index >= 15 is 0 Å². The fourth-order valence-electron chi connectivity index (χ4n) is 3.06. The molecule has 0 saturated carbocycles. The van der Waals surface area contributed by atoms with Crippen molar-refractivity contribution in [3.8, 4) is 9.88 Å². The van der Waals surface area contributed by atoms with Crippen molar-refractivity contribution < 1.29 is 9.32 Å². The summed E-state index contributed by atoms with van der Waals surface area (Å²) >= 11 is 3.16. The summed E-state index contributed by atoms with van der Waals surface area (Å²) in [7, 11) is 0. The van der Waals surface area contributed by atoms with Gasteiger partial charge in [-0.1, -0.05) is 11.2 Å². The number of thiophene rings is 1. The summed E-state index contributed by atoms with van der Waals surface area (Å²) in [5, 5.41) is 8.91. The van der Waals surface area contributed by atoms with E-state index in [2.05, 4.69) is 10.1 Å². The van der Waals surface area contributed by atoms with Crippen molar-refractivity contribution in [1.82, 2.24) is 15.0 Å². The minimum Gasteiger partial charge on any atom is -0.361 e. The molecule has 1 aliphatic heterocycles. The maximum atomic E-state index is 13.0. The molecule has 4 heterocycles. The minimum atomic E-state index is -0.0180. The predicted molar refractivity (Wildman–Crippen MR) is 94.3 cm³/mol. The Morgan fingerprint density at radius 3 is 3.04 bits per heavy atom. The molecular formula is C17H17N3O2S2. The van der Waals surface area contributed by atoms with Crippen LogP contribution in [-0.2, 0) is 0 Å². The Morgan fingerprint density at radius 1 is 1.38 bits per heavy atom. The van der Waals surface area contributed by atoms with Crippen molar-refractivity contribution >= 4 is 28.6 Å². The lowest BCUT2D eigenvalue weighted by molar-refractivity contribution is 0.0596. The molecule has 0 spiro atoms. The van der Waals surface area contributed by atoms with Crippen LogP contribution in [0, 0.1) is 6.92 Å². The number of aromatic nitrogens is 2. The van der Waals surface area contributed by atoms with E-state index in [0.29, 0.717) is 5.69 Å². The second-order valence-electron chi connectivity index (χ2n) is 5.89. The van der Waals surface area contributed by atoms with Crippen LogP contribution in [0.3, 0.4) is 0 Å². The number of nitrogens with zero attached hydrogens (tertiary/aromatic N) is 3. The zero-order valence-corrected chi connectivity index (χ0v) is 14.9. The molecule has 0 N–H and O–H groups in total. The van der Waals surface area contributed by atoms with E-state index in [-0.39, 0.29) is 11.9 Å². The number of carbonyl (C=O) groups is 1. The SMILES string of the molecule is Cc1cc(C2CCCCN2C(=O)c2csc(-c3cccs3)n2)no1. The summed E-state index contributed by atoms with van der Waals surface area (Å²) in [4.78, 5) is 20.5. The molecule has 1 unspecified atom stereocenters. The van der Waals surface area contributed by atoms with E-state index in [1.165, 1.54) is 11.3 Å². The van der Waals surface area contributed by atoms with Crippen LogP contribution in [0.2, 0.25) is 0 Å². The van der Waals surface area contributed by atoms with Gasteiger partial charge in [0.15, 0.2) is 0 Å². The summed E-state index contributed by atoms with van der Waals surface area (Å²) in [5.41, 5.74) is 1.37. The number of aryl methyl sites for hydroxylation is 1. The molecule has 1 fully saturated rings. The normalized spacial score (nSPS) is 18.0. The average molecular weight is 359 g/mol. The van der Waals surface area contributed by atoms with Crippen LogP contribution in [0.1, 0.15) is 47.2 Å². The maximum Gasteiger partial charge on any atom is 0.273 e. The van der Waals surface area contributed by atoms with Crippen molar-refractivity contribution in [2.45, 2.75) is 32.2 Å². The van der Waals surface area contributed by atoms with Crippen molar-refractivity contribution in [2.75, 3.05) is 6.54 Å². The van der Waals surface area contributed by atoms with Gasteiger partial charge in [0.1, 0.15) is 22.2 Å². The zero-order valence-electron chi connectivity index (χ0n) is 13.3. The van der Waals surface area contributed by atoms with Gasteiger partial charge in [-0.15, -0.1) is 22.7 Å². The van der Waals surface area contributed by atoms with Crippen LogP contribution in [-0.4, -0.2) is 27.5 Å². The number of piperidine rings is 1. The van der Waals surface area contributed by atoms with Gasteiger partial charge in [-0.25, -0.2) is 4.98 Å². The molecule has 1 amide bonds. The van der Waals surface area contributed by atoms with Crippen LogP contribution in [0.25, 0.3) is 9.88 Å². The molecule has 1 atom stereocenters. The third-order valence-corrected chi connectivity index (χ3v) is 6.09. The molecule has 0 bridgehead atoms. The van der Waals surface area contributed by atoms with E-state index in [1.807, 2.05) is 40.8 Å². The summed E-state index contributed by atoms with van der Waals surface area (Å²) < 4.78 is 5.20. The third-order valence-electron chi connectivity index (χ3n) is 4.21. The lowest BCUT2D eigenvalue weighted by Crippen LogP contribution is -2.38. The molecule has 4 rings (SSSR count). The van der Waals surface area contributed by atoms with Crippen LogP contribution >= 0.6 is 22.7 Å². The van der Waals surface area contributed by atoms with Crippen molar-refractivity contribution in [1.29, 1.82) is 0 Å². The van der Waals surface area contributed by atoms with E-state index in [9.17, 15) is 4.79 Å². The van der Waals surface area contributed by atoms with Gasteiger partial charge in [-0.3, -0.25) is 4.79 Å². The molecule has 24 heavy (non-hydrogen) atoms. The van der Waals surface area contributed by atoms with Gasteiger partial charge in [0.2, 0.25) is 0 Å². The fraction of sp³-hybridized carbons (Fsp3) is 0.353. The first-order valence-electron chi connectivity index (χ1n) is 7.96. The molecule has 124 valence electrons. The number of hydrogen-bond donors (Lipinski definition) is 0. The summed E-state index contributed by atoms with van der Waals surface area (Å²) in [6, 6.07) is 5.93. The lowest BCUT2D eigenvalue weighted by atomic mass is 9.99. The van der Waals surface area contributed by atoms with Crippen molar-refractivity contribution in [3.05, 3.63) is 46.1 Å². The smallest absolute Gasteiger partial charge is 0.273 e. The van der Waals surface area contributed by atoms with E-state index in [4.69, 9.17) is 4.52 Å². The number of thiazole rings is 1. The Morgan fingerprint density at radius 2 is 2.29 bits per heavy atom. The Kier molecular flexibility index (Phi) is 4.20. The second kappa shape index (κ2) is 6.49. The monoisotopic (exact) mass is 359 g/mol. The quantitative estimate of drug-likeness (QED) is 0.689.